The highest BCUT2D eigenvalue weighted by atomic mass is 16.3. The van der Waals surface area contributed by atoms with Gasteiger partial charge < -0.3 is 10.0 Å². The van der Waals surface area contributed by atoms with Gasteiger partial charge in [0.2, 0.25) is 6.29 Å². The second-order valence-electron chi connectivity index (χ2n) is 2.95. The van der Waals surface area contributed by atoms with E-state index in [0.717, 1.165) is 13.1 Å². The van der Waals surface area contributed by atoms with Crippen LogP contribution in [0.2, 0.25) is 0 Å². The number of hydrogen-bond donors (Lipinski definition) is 1. The maximum atomic E-state index is 10.5. The zero-order valence-electron chi connectivity index (χ0n) is 8.45. The van der Waals surface area contributed by atoms with Gasteiger partial charge in [0, 0.05) is 13.1 Å². The lowest BCUT2D eigenvalue weighted by molar-refractivity contribution is 0.471. The van der Waals surface area contributed by atoms with E-state index in [1.165, 1.54) is 0 Å². The Morgan fingerprint density at radius 2 is 2.00 bits per heavy atom. The molecule has 3 nitrogen and oxygen atoms in total. The Kier molecular flexibility index (Phi) is 3.51. The lowest BCUT2D eigenvalue weighted by atomic mass is 10.1. The number of hydrogen-bond acceptors (Lipinski definition) is 3. The van der Waals surface area contributed by atoms with Gasteiger partial charge in [-0.05, 0) is 26.0 Å². The Hall–Kier alpha value is -1.51. The van der Waals surface area contributed by atoms with Gasteiger partial charge in [0.15, 0.2) is 0 Å². The lowest BCUT2D eigenvalue weighted by Gasteiger charge is -2.22. The molecule has 1 N–H and O–H groups in total. The number of anilines is 1. The van der Waals surface area contributed by atoms with Gasteiger partial charge in [0.1, 0.15) is 5.75 Å². The van der Waals surface area contributed by atoms with Crippen molar-refractivity contribution in [1.29, 1.82) is 0 Å². The molecule has 0 saturated heterocycles. The van der Waals surface area contributed by atoms with Crippen LogP contribution in [0.15, 0.2) is 18.2 Å². The summed E-state index contributed by atoms with van der Waals surface area (Å²) in [5.74, 6) is 0.0196. The molecule has 0 aromatic heterocycles. The van der Waals surface area contributed by atoms with Gasteiger partial charge in [-0.15, -0.1) is 0 Å². The first-order valence-electron chi connectivity index (χ1n) is 4.69. The Morgan fingerprint density at radius 3 is 2.50 bits per heavy atom. The third-order valence-corrected chi connectivity index (χ3v) is 2.23. The quantitative estimate of drug-likeness (QED) is 0.789. The van der Waals surface area contributed by atoms with Crippen LogP contribution in [0, 0.1) is 0 Å². The molecule has 0 heterocycles. The molecule has 0 atom stereocenters. The van der Waals surface area contributed by atoms with Crippen molar-refractivity contribution < 1.29 is 9.90 Å². The lowest BCUT2D eigenvalue weighted by Crippen LogP contribution is -2.22. The summed E-state index contributed by atoms with van der Waals surface area (Å²) < 4.78 is 0. The fourth-order valence-corrected chi connectivity index (χ4v) is 1.43. The number of phenols is 1. The van der Waals surface area contributed by atoms with Crippen LogP contribution in [-0.4, -0.2) is 24.5 Å². The average Bonchev–Trinajstić information content (AvgIpc) is 2.22. The molecule has 0 bridgehead atoms. The zero-order chi connectivity index (χ0) is 10.6. The van der Waals surface area contributed by atoms with Crippen LogP contribution in [0.1, 0.15) is 19.4 Å². The number of aromatic hydroxyl groups is 1. The molecule has 0 amide bonds. The first-order valence-corrected chi connectivity index (χ1v) is 4.69. The van der Waals surface area contributed by atoms with Crippen molar-refractivity contribution in [2.45, 2.75) is 13.8 Å². The maximum absolute atomic E-state index is 10.5. The van der Waals surface area contributed by atoms with Crippen molar-refractivity contribution in [3.8, 4) is 5.75 Å². The first-order chi connectivity index (χ1) is 6.74. The van der Waals surface area contributed by atoms with Crippen LogP contribution >= 0.6 is 0 Å². The number of nitrogens with zero attached hydrogens (tertiary/aromatic N) is 1. The van der Waals surface area contributed by atoms with E-state index >= 15 is 0 Å². The molecule has 1 radical (unpaired) electrons. The topological polar surface area (TPSA) is 40.5 Å². The molecule has 1 aromatic rings. The summed E-state index contributed by atoms with van der Waals surface area (Å²) in [7, 11) is 0. The van der Waals surface area contributed by atoms with Crippen LogP contribution in [0.25, 0.3) is 0 Å². The van der Waals surface area contributed by atoms with Crippen LogP contribution in [-0.2, 0) is 4.79 Å². The Bertz CT molecular complexity index is 319. The number of phenolic OH excluding ortho intramolecular Hbond substituents is 1. The monoisotopic (exact) mass is 192 g/mol. The molecule has 0 saturated carbocycles. The predicted octanol–water partition coefficient (Wildman–Crippen LogP) is 1.70. The molecule has 0 aliphatic carbocycles. The summed E-state index contributed by atoms with van der Waals surface area (Å²) in [6.07, 6.45) is 1.71. The van der Waals surface area contributed by atoms with E-state index in [1.807, 2.05) is 18.7 Å². The van der Waals surface area contributed by atoms with Crippen molar-refractivity contribution in [1.82, 2.24) is 0 Å². The summed E-state index contributed by atoms with van der Waals surface area (Å²) in [6.45, 7) is 5.60. The summed E-state index contributed by atoms with van der Waals surface area (Å²) in [4.78, 5) is 12.5. The van der Waals surface area contributed by atoms with E-state index in [4.69, 9.17) is 0 Å². The smallest absolute Gasteiger partial charge is 0.237 e. The van der Waals surface area contributed by atoms with Crippen molar-refractivity contribution >= 4 is 12.0 Å². The van der Waals surface area contributed by atoms with Crippen molar-refractivity contribution in [3.63, 3.8) is 0 Å². The average molecular weight is 192 g/mol. The molecule has 1 rings (SSSR count). The molecule has 0 aliphatic rings. The molecule has 0 aliphatic heterocycles. The molecule has 75 valence electrons. The number of carbonyl (C=O) groups excluding carboxylic acids is 1. The van der Waals surface area contributed by atoms with Gasteiger partial charge in [-0.1, -0.05) is 6.07 Å². The molecule has 14 heavy (non-hydrogen) atoms. The van der Waals surface area contributed by atoms with Gasteiger partial charge in [-0.25, -0.2) is 0 Å². The Morgan fingerprint density at radius 1 is 1.36 bits per heavy atom. The number of rotatable bonds is 4. The standard InChI is InChI=1S/C11H14NO2/c1-3-12(4-2)10-7-5-6-9(8-13)11(10)14/h5-7,14H,3-4H2,1-2H3. The number of benzene rings is 1. The first kappa shape index (κ1) is 10.6. The summed E-state index contributed by atoms with van der Waals surface area (Å²) >= 11 is 0. The molecular formula is C11H14NO2. The van der Waals surface area contributed by atoms with Crippen LogP contribution in [0.5, 0.6) is 5.75 Å². The molecule has 0 unspecified atom stereocenters. The van der Waals surface area contributed by atoms with Gasteiger partial charge in [-0.2, -0.15) is 0 Å². The fraction of sp³-hybridized carbons (Fsp3) is 0.364. The van der Waals surface area contributed by atoms with Crippen molar-refractivity contribution in [2.24, 2.45) is 0 Å². The van der Waals surface area contributed by atoms with E-state index < -0.39 is 0 Å². The highest BCUT2D eigenvalue weighted by Gasteiger charge is 2.10. The summed E-state index contributed by atoms with van der Waals surface area (Å²) in [5, 5.41) is 9.72. The van der Waals surface area contributed by atoms with Gasteiger partial charge in [0.05, 0.1) is 11.3 Å². The second kappa shape index (κ2) is 4.65. The number of para-hydroxylation sites is 1. The van der Waals surface area contributed by atoms with E-state index in [0.29, 0.717) is 5.69 Å². The third kappa shape index (κ3) is 1.87. The largest absolute Gasteiger partial charge is 0.505 e. The molecule has 3 heteroatoms. The minimum atomic E-state index is 0.0196. The highest BCUT2D eigenvalue weighted by molar-refractivity contribution is 5.83. The van der Waals surface area contributed by atoms with Crippen LogP contribution in [0.3, 0.4) is 0 Å². The SMILES string of the molecule is CCN(CC)c1cccc([C]=O)c1O. The maximum Gasteiger partial charge on any atom is 0.237 e. The molecular weight excluding hydrogens is 178 g/mol. The van der Waals surface area contributed by atoms with Crippen LogP contribution in [0.4, 0.5) is 5.69 Å². The van der Waals surface area contributed by atoms with Gasteiger partial charge >= 0.3 is 0 Å². The van der Waals surface area contributed by atoms with E-state index in [9.17, 15) is 9.90 Å². The molecule has 0 fully saturated rings. The second-order valence-corrected chi connectivity index (χ2v) is 2.95. The van der Waals surface area contributed by atoms with Crippen molar-refractivity contribution in [3.05, 3.63) is 23.8 Å². The normalized spacial score (nSPS) is 9.86. The van der Waals surface area contributed by atoms with Crippen LogP contribution < -0.4 is 4.90 Å². The molecule has 0 spiro atoms. The fourth-order valence-electron chi connectivity index (χ4n) is 1.43. The van der Waals surface area contributed by atoms with Gasteiger partial charge in [-0.3, -0.25) is 4.79 Å². The van der Waals surface area contributed by atoms with E-state index in [2.05, 4.69) is 0 Å². The highest BCUT2D eigenvalue weighted by Crippen LogP contribution is 2.29. The summed E-state index contributed by atoms with van der Waals surface area (Å²) in [6, 6.07) is 5.09. The molecule has 1 aromatic carbocycles. The minimum Gasteiger partial charge on any atom is -0.505 e. The van der Waals surface area contributed by atoms with Crippen molar-refractivity contribution in [2.75, 3.05) is 18.0 Å². The van der Waals surface area contributed by atoms with E-state index in [1.54, 1.807) is 24.5 Å². The van der Waals surface area contributed by atoms with Gasteiger partial charge in [0.25, 0.3) is 0 Å². The predicted molar refractivity (Wildman–Crippen MR) is 56.5 cm³/mol. The zero-order valence-corrected chi connectivity index (χ0v) is 8.45. The summed E-state index contributed by atoms with van der Waals surface area (Å²) in [5.41, 5.74) is 0.908. The Labute approximate surface area is 84.0 Å². The Balaban J connectivity index is 3.13. The third-order valence-electron chi connectivity index (χ3n) is 2.23. The minimum absolute atomic E-state index is 0.0196. The van der Waals surface area contributed by atoms with E-state index in [-0.39, 0.29) is 11.3 Å².